The third-order valence-corrected chi connectivity index (χ3v) is 6.07. The molecule has 0 N–H and O–H groups in total. The van der Waals surface area contributed by atoms with Crippen molar-refractivity contribution in [2.24, 2.45) is 0 Å². The molecular weight excluding hydrogens is 304 g/mol. The molecule has 0 unspecified atom stereocenters. The standard InChI is InChI=1S/C17H19ClO2S/c1-12-9-13(2)17(14(3)10-12)21(19,20)11-16(18)15-7-5-4-6-8-15/h4-10,16H,11H2,1-3H3/t16-/m0/s1. The van der Waals surface area contributed by atoms with E-state index in [1.54, 1.807) is 0 Å². The molecule has 0 saturated heterocycles. The molecule has 0 aliphatic carbocycles. The quantitative estimate of drug-likeness (QED) is 0.783. The molecule has 21 heavy (non-hydrogen) atoms. The first kappa shape index (κ1) is 16.1. The second kappa shape index (κ2) is 6.20. The van der Waals surface area contributed by atoms with E-state index in [0.717, 1.165) is 22.3 Å². The van der Waals surface area contributed by atoms with Crippen LogP contribution in [0.2, 0.25) is 0 Å². The number of rotatable bonds is 4. The molecular formula is C17H19ClO2S. The van der Waals surface area contributed by atoms with Gasteiger partial charge in [0.15, 0.2) is 9.84 Å². The third-order valence-electron chi connectivity index (χ3n) is 3.44. The molecule has 4 heteroatoms. The molecule has 2 aromatic rings. The summed E-state index contributed by atoms with van der Waals surface area (Å²) in [7, 11) is -3.42. The number of alkyl halides is 1. The van der Waals surface area contributed by atoms with Gasteiger partial charge < -0.3 is 0 Å². The fourth-order valence-electron chi connectivity index (χ4n) is 2.69. The van der Waals surface area contributed by atoms with Crippen LogP contribution >= 0.6 is 11.6 Å². The molecule has 0 bridgehead atoms. The van der Waals surface area contributed by atoms with Crippen molar-refractivity contribution in [3.63, 3.8) is 0 Å². The van der Waals surface area contributed by atoms with E-state index in [1.807, 2.05) is 63.2 Å². The lowest BCUT2D eigenvalue weighted by atomic mass is 10.1. The molecule has 2 aromatic carbocycles. The van der Waals surface area contributed by atoms with E-state index >= 15 is 0 Å². The van der Waals surface area contributed by atoms with Crippen LogP contribution in [0.25, 0.3) is 0 Å². The van der Waals surface area contributed by atoms with Crippen LogP contribution in [0.4, 0.5) is 0 Å². The summed E-state index contributed by atoms with van der Waals surface area (Å²) in [5, 5.41) is -0.545. The maximum absolute atomic E-state index is 12.7. The van der Waals surface area contributed by atoms with Crippen molar-refractivity contribution in [2.75, 3.05) is 5.75 Å². The van der Waals surface area contributed by atoms with Crippen LogP contribution in [-0.2, 0) is 9.84 Å². The second-order valence-electron chi connectivity index (χ2n) is 5.39. The van der Waals surface area contributed by atoms with E-state index in [4.69, 9.17) is 11.6 Å². The number of hydrogen-bond donors (Lipinski definition) is 0. The van der Waals surface area contributed by atoms with E-state index in [1.165, 1.54) is 0 Å². The lowest BCUT2D eigenvalue weighted by molar-refractivity contribution is 0.593. The van der Waals surface area contributed by atoms with Crippen molar-refractivity contribution in [2.45, 2.75) is 31.0 Å². The number of hydrogen-bond acceptors (Lipinski definition) is 2. The van der Waals surface area contributed by atoms with Crippen LogP contribution in [-0.4, -0.2) is 14.2 Å². The summed E-state index contributed by atoms with van der Waals surface area (Å²) in [6, 6.07) is 13.1. The Kier molecular flexibility index (Phi) is 4.74. The molecule has 0 aromatic heterocycles. The van der Waals surface area contributed by atoms with Crippen LogP contribution in [0, 0.1) is 20.8 Å². The van der Waals surface area contributed by atoms with Gasteiger partial charge in [-0.15, -0.1) is 11.6 Å². The molecule has 1 atom stereocenters. The van der Waals surface area contributed by atoms with Gasteiger partial charge in [0, 0.05) is 0 Å². The summed E-state index contributed by atoms with van der Waals surface area (Å²) in [6.45, 7) is 5.63. The van der Waals surface area contributed by atoms with Crippen LogP contribution in [0.1, 0.15) is 27.6 Å². The Bertz CT molecular complexity index is 714. The van der Waals surface area contributed by atoms with Gasteiger partial charge in [0.1, 0.15) is 0 Å². The van der Waals surface area contributed by atoms with Gasteiger partial charge in [-0.3, -0.25) is 0 Å². The summed E-state index contributed by atoms with van der Waals surface area (Å²) in [6.07, 6.45) is 0. The molecule has 0 spiro atoms. The maximum Gasteiger partial charge on any atom is 0.180 e. The Morgan fingerprint density at radius 1 is 1.00 bits per heavy atom. The highest BCUT2D eigenvalue weighted by Gasteiger charge is 2.24. The Morgan fingerprint density at radius 2 is 1.52 bits per heavy atom. The van der Waals surface area contributed by atoms with Gasteiger partial charge >= 0.3 is 0 Å². The van der Waals surface area contributed by atoms with Gasteiger partial charge in [0.05, 0.1) is 16.0 Å². The minimum atomic E-state index is -3.42. The SMILES string of the molecule is Cc1cc(C)c(S(=O)(=O)C[C@H](Cl)c2ccccc2)c(C)c1. The number of sulfone groups is 1. The molecule has 2 rings (SSSR count). The fourth-order valence-corrected chi connectivity index (χ4v) is 5.18. The monoisotopic (exact) mass is 322 g/mol. The summed E-state index contributed by atoms with van der Waals surface area (Å²) in [5.74, 6) is -0.0939. The van der Waals surface area contributed by atoms with Crippen LogP contribution in [0.5, 0.6) is 0 Å². The van der Waals surface area contributed by atoms with Crippen molar-refractivity contribution < 1.29 is 8.42 Å². The highest BCUT2D eigenvalue weighted by atomic mass is 35.5. The highest BCUT2D eigenvalue weighted by Crippen LogP contribution is 2.29. The number of halogens is 1. The Labute approximate surface area is 131 Å². The molecule has 0 heterocycles. The zero-order valence-electron chi connectivity index (χ0n) is 12.4. The molecule has 0 aliphatic heterocycles. The maximum atomic E-state index is 12.7. The van der Waals surface area contributed by atoms with Gasteiger partial charge in [0.25, 0.3) is 0 Å². The van der Waals surface area contributed by atoms with Crippen LogP contribution < -0.4 is 0 Å². The minimum Gasteiger partial charge on any atom is -0.224 e. The normalized spacial score (nSPS) is 13.1. The van der Waals surface area contributed by atoms with E-state index in [9.17, 15) is 8.42 Å². The number of benzene rings is 2. The average molecular weight is 323 g/mol. The molecule has 0 aliphatic rings. The Hall–Kier alpha value is -1.32. The first-order chi connectivity index (χ1) is 9.81. The average Bonchev–Trinajstić information content (AvgIpc) is 2.37. The van der Waals surface area contributed by atoms with Crippen molar-refractivity contribution in [1.29, 1.82) is 0 Å². The van der Waals surface area contributed by atoms with Crippen molar-refractivity contribution in [1.82, 2.24) is 0 Å². The first-order valence-corrected chi connectivity index (χ1v) is 8.90. The summed E-state index contributed by atoms with van der Waals surface area (Å²) in [5.41, 5.74) is 3.45. The lowest BCUT2D eigenvalue weighted by Crippen LogP contribution is -2.14. The smallest absolute Gasteiger partial charge is 0.180 e. The molecule has 0 saturated carbocycles. The zero-order valence-corrected chi connectivity index (χ0v) is 14.0. The van der Waals surface area contributed by atoms with E-state index in [0.29, 0.717) is 4.90 Å². The summed E-state index contributed by atoms with van der Waals surface area (Å²) < 4.78 is 25.4. The molecule has 112 valence electrons. The number of aryl methyl sites for hydroxylation is 3. The highest BCUT2D eigenvalue weighted by molar-refractivity contribution is 7.91. The van der Waals surface area contributed by atoms with Gasteiger partial charge in [-0.05, 0) is 37.5 Å². The minimum absolute atomic E-state index is 0.0939. The van der Waals surface area contributed by atoms with Gasteiger partial charge in [-0.25, -0.2) is 8.42 Å². The van der Waals surface area contributed by atoms with Crippen molar-refractivity contribution in [3.8, 4) is 0 Å². The van der Waals surface area contributed by atoms with Crippen molar-refractivity contribution >= 4 is 21.4 Å². The Morgan fingerprint density at radius 3 is 2.05 bits per heavy atom. The summed E-state index contributed by atoms with van der Waals surface area (Å²) in [4.78, 5) is 0.412. The van der Waals surface area contributed by atoms with Gasteiger partial charge in [-0.2, -0.15) is 0 Å². The van der Waals surface area contributed by atoms with Gasteiger partial charge in [0.2, 0.25) is 0 Å². The topological polar surface area (TPSA) is 34.1 Å². The zero-order chi connectivity index (χ0) is 15.6. The molecule has 2 nitrogen and oxygen atoms in total. The van der Waals surface area contributed by atoms with Crippen LogP contribution in [0.3, 0.4) is 0 Å². The first-order valence-electron chi connectivity index (χ1n) is 6.81. The largest absolute Gasteiger partial charge is 0.224 e. The van der Waals surface area contributed by atoms with Crippen molar-refractivity contribution in [3.05, 3.63) is 64.7 Å². The van der Waals surface area contributed by atoms with Gasteiger partial charge in [-0.1, -0.05) is 48.0 Å². The third kappa shape index (κ3) is 3.66. The second-order valence-corrected chi connectivity index (χ2v) is 7.89. The van der Waals surface area contributed by atoms with Crippen LogP contribution in [0.15, 0.2) is 47.4 Å². The fraction of sp³-hybridized carbons (Fsp3) is 0.294. The summed E-state index contributed by atoms with van der Waals surface area (Å²) >= 11 is 6.30. The van der Waals surface area contributed by atoms with E-state index in [2.05, 4.69) is 0 Å². The predicted molar refractivity (Wildman–Crippen MR) is 87.7 cm³/mol. The molecule has 0 radical (unpaired) electrons. The predicted octanol–water partition coefficient (Wildman–Crippen LogP) is 4.37. The molecule has 0 amide bonds. The lowest BCUT2D eigenvalue weighted by Gasteiger charge is -2.15. The Balaban J connectivity index is 2.36. The van der Waals surface area contributed by atoms with E-state index in [-0.39, 0.29) is 5.75 Å². The van der Waals surface area contributed by atoms with E-state index < -0.39 is 15.2 Å². The molecule has 0 fully saturated rings.